The first kappa shape index (κ1) is 15.9. The van der Waals surface area contributed by atoms with Gasteiger partial charge in [0.1, 0.15) is 0 Å². The third-order valence-corrected chi connectivity index (χ3v) is 0.972. The molecule has 0 spiro atoms. The van der Waals surface area contributed by atoms with E-state index in [0.717, 1.165) is 0 Å². The zero-order chi connectivity index (χ0) is 3.41. The van der Waals surface area contributed by atoms with Crippen LogP contribution < -0.4 is 0 Å². The first-order valence-corrected chi connectivity index (χ1v) is 2.14. The molecular weight excluding hydrogens is 592 g/mol. The van der Waals surface area contributed by atoms with Crippen LogP contribution in [0.1, 0.15) is 0 Å². The summed E-state index contributed by atoms with van der Waals surface area (Å²) in [5, 5.41) is 0. The van der Waals surface area contributed by atoms with Gasteiger partial charge in [-0.3, -0.25) is 0 Å². The van der Waals surface area contributed by atoms with Gasteiger partial charge in [-0.2, -0.15) is 0 Å². The van der Waals surface area contributed by atoms with Gasteiger partial charge in [0.25, 0.3) is 0 Å². The Labute approximate surface area is 88.3 Å². The summed E-state index contributed by atoms with van der Waals surface area (Å²) in [5.41, 5.74) is 0. The fraction of sp³-hybridized carbons (Fsp3) is 0. The summed E-state index contributed by atoms with van der Waals surface area (Å²) in [6.07, 6.45) is 0. The van der Waals surface area contributed by atoms with E-state index in [1.54, 1.807) is 0 Å². The fourth-order valence-corrected chi connectivity index (χ4v) is 0. The van der Waals surface area contributed by atoms with Crippen LogP contribution in [0, 0.1) is 0 Å². The topological polar surface area (TPSA) is 18.5 Å². The number of hydrogen-bond acceptors (Lipinski definition) is 2. The van der Waals surface area contributed by atoms with E-state index in [4.69, 9.17) is 0 Å². The third kappa shape index (κ3) is 15.9. The van der Waals surface area contributed by atoms with E-state index in [-0.39, 0.29) is 42.1 Å². The van der Waals surface area contributed by atoms with Crippen molar-refractivity contribution in [2.45, 2.75) is 0 Å². The molecule has 0 aromatic rings. The minimum atomic E-state index is 0. The Balaban J connectivity index is -0.0000000450. The maximum atomic E-state index is 4.06. The van der Waals surface area contributed by atoms with Crippen molar-refractivity contribution >= 4 is 0 Å². The minimum absolute atomic E-state index is 0. The van der Waals surface area contributed by atoms with Crippen molar-refractivity contribution in [3.63, 3.8) is 0 Å². The van der Waals surface area contributed by atoms with Gasteiger partial charge >= 0.3 is 47.5 Å². The largest absolute Gasteiger partial charge is 0 e. The van der Waals surface area contributed by atoms with Crippen molar-refractivity contribution in [2.75, 3.05) is 0 Å². The molecule has 0 atom stereocenters. The Morgan fingerprint density at radius 3 is 1.00 bits per heavy atom. The van der Waals surface area contributed by atoms with Crippen molar-refractivity contribution in [3.05, 3.63) is 0 Å². The maximum Gasteiger partial charge on any atom is 0 e. The van der Waals surface area contributed by atoms with Gasteiger partial charge in [0.05, 0.1) is 0 Å². The fourth-order valence-electron chi connectivity index (χ4n) is 0. The van der Waals surface area contributed by atoms with Crippen LogP contribution in [-0.2, 0) is 89.6 Å². The van der Waals surface area contributed by atoms with Crippen molar-refractivity contribution in [3.8, 4) is 0 Å². The predicted octanol–water partition coefficient (Wildman–Crippen LogP) is -0.147. The molecule has 0 unspecified atom stereocenters. The molecule has 0 aromatic heterocycles. The minimum Gasteiger partial charge on any atom is 0 e. The van der Waals surface area contributed by atoms with Crippen LogP contribution >= 0.6 is 0 Å². The summed E-state index contributed by atoms with van der Waals surface area (Å²) < 4.78 is 8.11. The van der Waals surface area contributed by atoms with E-state index in [1.807, 2.05) is 0 Å². The molecule has 6 heteroatoms. The van der Waals surface area contributed by atoms with Crippen LogP contribution in [-0.4, -0.2) is 0 Å². The van der Waals surface area contributed by atoms with Gasteiger partial charge in [0.15, 0.2) is 0 Å². The number of rotatable bonds is 1. The zero-order valence-corrected chi connectivity index (χ0v) is 12.3. The van der Waals surface area contributed by atoms with Crippen LogP contribution in [0.4, 0.5) is 0 Å². The molecule has 36 valence electrons. The Kier molecular flexibility index (Phi) is 41.4. The molecule has 0 bridgehead atoms. The predicted molar refractivity (Wildman–Crippen MR) is 2.17 cm³/mol. The third-order valence-electron chi connectivity index (χ3n) is 0.0278. The van der Waals surface area contributed by atoms with Gasteiger partial charge in [0, 0.05) is 42.1 Å². The summed E-state index contributed by atoms with van der Waals surface area (Å²) in [4.78, 5) is 0. The van der Waals surface area contributed by atoms with Crippen LogP contribution in [0.15, 0.2) is 0 Å². The molecule has 0 saturated heterocycles. The van der Waals surface area contributed by atoms with Crippen LogP contribution in [0.5, 0.6) is 0 Å². The number of hydrogen-bond donors (Lipinski definition) is 0. The summed E-state index contributed by atoms with van der Waals surface area (Å²) in [7, 11) is 0. The zero-order valence-electron chi connectivity index (χ0n) is 2.45. The first-order valence-electron chi connectivity index (χ1n) is 0.500. The average molecular weight is 592 g/mol. The van der Waals surface area contributed by atoms with Crippen molar-refractivity contribution in [2.24, 2.45) is 0 Å². The van der Waals surface area contributed by atoms with E-state index >= 15 is 0 Å². The van der Waals surface area contributed by atoms with Crippen molar-refractivity contribution in [1.29, 1.82) is 0 Å². The second-order valence-electron chi connectivity index (χ2n) is 0.136. The smallest absolute Gasteiger partial charge is 0 e. The molecule has 0 heterocycles. The van der Waals surface area contributed by atoms with Crippen LogP contribution in [0.2, 0.25) is 0 Å². The van der Waals surface area contributed by atoms with E-state index in [0.29, 0.717) is 0 Å². The molecule has 0 aliphatic carbocycles. The Morgan fingerprint density at radius 1 is 0.833 bits per heavy atom. The van der Waals surface area contributed by atoms with Crippen molar-refractivity contribution in [1.82, 2.24) is 0 Å². The molecule has 6 heavy (non-hydrogen) atoms. The summed E-state index contributed by atoms with van der Waals surface area (Å²) in [6.45, 7) is 0. The standard InChI is InChI=1S/2Mo.O2.2W/c;;1-2;;/q2*+1;-2;;. The van der Waals surface area contributed by atoms with Gasteiger partial charge < -0.3 is 0 Å². The molecule has 2 nitrogen and oxygen atoms in total. The average Bonchev–Trinajstić information content (AvgIpc) is 1.37. The van der Waals surface area contributed by atoms with E-state index in [9.17, 15) is 0 Å². The van der Waals surface area contributed by atoms with Crippen LogP contribution in [0.25, 0.3) is 0 Å². The molecule has 0 saturated carbocycles. The van der Waals surface area contributed by atoms with E-state index in [2.05, 4.69) is 7.08 Å². The summed E-state index contributed by atoms with van der Waals surface area (Å²) >= 11 is 2.81. The Hall–Kier alpha value is 2.67. The van der Waals surface area contributed by atoms with Crippen molar-refractivity contribution < 1.29 is 89.6 Å². The second kappa shape index (κ2) is 15.6. The molecule has 0 rings (SSSR count). The van der Waals surface area contributed by atoms with Gasteiger partial charge in [0.2, 0.25) is 0 Å². The SMILES string of the molecule is [Mo][O][O][Mo].[W].[W]. The molecule has 0 aliphatic heterocycles. The van der Waals surface area contributed by atoms with E-state index in [1.165, 1.54) is 40.4 Å². The normalized spacial score (nSPS) is 4.67. The quantitative estimate of drug-likeness (QED) is 0.240. The molecule has 0 amide bonds. The monoisotopic (exact) mass is 596 g/mol. The summed E-state index contributed by atoms with van der Waals surface area (Å²) in [5.74, 6) is 0. The van der Waals surface area contributed by atoms with Gasteiger partial charge in [-0.05, 0) is 0 Å². The van der Waals surface area contributed by atoms with E-state index < -0.39 is 0 Å². The second-order valence-corrected chi connectivity index (χ2v) is 0.805. The Morgan fingerprint density at radius 2 is 1.00 bits per heavy atom. The maximum absolute atomic E-state index is 4.06. The van der Waals surface area contributed by atoms with Gasteiger partial charge in [-0.25, -0.2) is 0 Å². The molecule has 0 radical (unpaired) electrons. The molecular formula is Mo2O2W2. The molecule has 0 aromatic carbocycles. The molecule has 0 fully saturated rings. The van der Waals surface area contributed by atoms with Crippen LogP contribution in [0.3, 0.4) is 0 Å². The molecule has 0 N–H and O–H groups in total. The molecule has 0 aliphatic rings. The first-order chi connectivity index (χ1) is 1.91. The van der Waals surface area contributed by atoms with Gasteiger partial charge in [-0.15, -0.1) is 0 Å². The van der Waals surface area contributed by atoms with Gasteiger partial charge in [-0.1, -0.05) is 0 Å². The summed E-state index contributed by atoms with van der Waals surface area (Å²) in [6, 6.07) is 0. The Bertz CT molecular complexity index is 11.5.